The van der Waals surface area contributed by atoms with Crippen LogP contribution in [0.15, 0.2) is 30.3 Å². The number of rotatable bonds is 1. The molecular formula is C14H5Cl2F6. The highest BCUT2D eigenvalue weighted by atomic mass is 35.5. The average molecular weight is 358 g/mol. The molecule has 0 aliphatic carbocycles. The molecule has 0 heterocycles. The molecule has 0 bridgehead atoms. The summed E-state index contributed by atoms with van der Waals surface area (Å²) in [7, 11) is 0. The van der Waals surface area contributed by atoms with E-state index in [1.807, 2.05) is 6.07 Å². The Balaban J connectivity index is 2.64. The first-order valence-electron chi connectivity index (χ1n) is 5.65. The first-order chi connectivity index (χ1) is 9.98. The Hall–Kier alpha value is -1.40. The molecule has 0 unspecified atom stereocenters. The van der Waals surface area contributed by atoms with Crippen molar-refractivity contribution < 1.29 is 26.3 Å². The highest BCUT2D eigenvalue weighted by molar-refractivity contribution is 6.33. The zero-order chi connectivity index (χ0) is 16.7. The van der Waals surface area contributed by atoms with Crippen molar-refractivity contribution in [2.75, 3.05) is 0 Å². The second kappa shape index (κ2) is 5.66. The number of benzene rings is 2. The lowest BCUT2D eigenvalue weighted by atomic mass is 10.0. The van der Waals surface area contributed by atoms with Gasteiger partial charge in [-0.3, -0.25) is 0 Å². The van der Waals surface area contributed by atoms with Crippen LogP contribution in [-0.4, -0.2) is 0 Å². The van der Waals surface area contributed by atoms with Crippen molar-refractivity contribution in [3.63, 3.8) is 0 Å². The molecule has 0 aliphatic rings. The van der Waals surface area contributed by atoms with Crippen LogP contribution in [0.5, 0.6) is 0 Å². The molecule has 0 aromatic heterocycles. The van der Waals surface area contributed by atoms with Gasteiger partial charge in [-0.15, -0.1) is 0 Å². The molecule has 1 radical (unpaired) electrons. The molecule has 0 atom stereocenters. The molecule has 0 nitrogen and oxygen atoms in total. The maximum Gasteiger partial charge on any atom is 0.417 e. The third-order valence-electron chi connectivity index (χ3n) is 2.74. The van der Waals surface area contributed by atoms with Gasteiger partial charge in [-0.1, -0.05) is 23.2 Å². The second-order valence-corrected chi connectivity index (χ2v) is 5.18. The zero-order valence-electron chi connectivity index (χ0n) is 10.4. The SMILES string of the molecule is FC(F)(F)c1[c]cc(Cl)c(-c2cc(Cl)cc(C(F)(F)F)c2)c1. The highest BCUT2D eigenvalue weighted by Gasteiger charge is 2.33. The monoisotopic (exact) mass is 357 g/mol. The van der Waals surface area contributed by atoms with E-state index in [1.165, 1.54) is 0 Å². The lowest BCUT2D eigenvalue weighted by molar-refractivity contribution is -0.138. The molecular weight excluding hydrogens is 353 g/mol. The molecule has 2 rings (SSSR count). The van der Waals surface area contributed by atoms with E-state index in [-0.39, 0.29) is 21.2 Å². The molecule has 0 aliphatic heterocycles. The van der Waals surface area contributed by atoms with Crippen molar-refractivity contribution in [1.29, 1.82) is 0 Å². The number of alkyl halides is 6. The molecule has 0 spiro atoms. The molecule has 0 fully saturated rings. The van der Waals surface area contributed by atoms with Crippen LogP contribution < -0.4 is 0 Å². The summed E-state index contributed by atoms with van der Waals surface area (Å²) in [6.45, 7) is 0. The second-order valence-electron chi connectivity index (χ2n) is 4.33. The maximum absolute atomic E-state index is 12.8. The number of hydrogen-bond donors (Lipinski definition) is 0. The van der Waals surface area contributed by atoms with E-state index >= 15 is 0 Å². The predicted molar refractivity (Wildman–Crippen MR) is 70.7 cm³/mol. The molecule has 0 N–H and O–H groups in total. The van der Waals surface area contributed by atoms with E-state index in [4.69, 9.17) is 23.2 Å². The van der Waals surface area contributed by atoms with Crippen LogP contribution in [0.3, 0.4) is 0 Å². The third kappa shape index (κ3) is 3.67. The van der Waals surface area contributed by atoms with Gasteiger partial charge in [0.25, 0.3) is 0 Å². The minimum absolute atomic E-state index is 0.163. The van der Waals surface area contributed by atoms with E-state index in [9.17, 15) is 26.3 Å². The first-order valence-corrected chi connectivity index (χ1v) is 6.40. The topological polar surface area (TPSA) is 0 Å². The smallest absolute Gasteiger partial charge is 0.166 e. The fourth-order valence-corrected chi connectivity index (χ4v) is 2.22. The molecule has 8 heteroatoms. The Morgan fingerprint density at radius 3 is 2.00 bits per heavy atom. The minimum Gasteiger partial charge on any atom is -0.166 e. The van der Waals surface area contributed by atoms with E-state index < -0.39 is 23.5 Å². The van der Waals surface area contributed by atoms with Gasteiger partial charge in [-0.05, 0) is 42.0 Å². The zero-order valence-corrected chi connectivity index (χ0v) is 11.9. The van der Waals surface area contributed by atoms with Crippen LogP contribution >= 0.6 is 23.2 Å². The Morgan fingerprint density at radius 1 is 0.818 bits per heavy atom. The van der Waals surface area contributed by atoms with Gasteiger partial charge in [0.1, 0.15) is 0 Å². The maximum atomic E-state index is 12.8. The van der Waals surface area contributed by atoms with E-state index in [0.29, 0.717) is 18.2 Å². The largest absolute Gasteiger partial charge is 0.417 e. The normalized spacial score (nSPS) is 12.5. The summed E-state index contributed by atoms with van der Waals surface area (Å²) in [5.41, 5.74) is -2.59. The van der Waals surface area contributed by atoms with Crippen LogP contribution in [0.4, 0.5) is 26.3 Å². The van der Waals surface area contributed by atoms with Crippen molar-refractivity contribution >= 4 is 23.2 Å². The molecule has 117 valence electrons. The van der Waals surface area contributed by atoms with E-state index in [1.54, 1.807) is 0 Å². The van der Waals surface area contributed by atoms with Gasteiger partial charge in [0, 0.05) is 15.6 Å². The fourth-order valence-electron chi connectivity index (χ4n) is 1.77. The Bertz CT molecular complexity index is 703. The van der Waals surface area contributed by atoms with Gasteiger partial charge < -0.3 is 0 Å². The van der Waals surface area contributed by atoms with Gasteiger partial charge in [0.2, 0.25) is 0 Å². The quantitative estimate of drug-likeness (QED) is 0.511. The highest BCUT2D eigenvalue weighted by Crippen LogP contribution is 2.39. The molecule has 0 amide bonds. The lowest BCUT2D eigenvalue weighted by Gasteiger charge is -2.13. The summed E-state index contributed by atoms with van der Waals surface area (Å²) in [5, 5.41) is -0.425. The number of halogens is 8. The van der Waals surface area contributed by atoms with Crippen molar-refractivity contribution in [3.05, 3.63) is 57.6 Å². The summed E-state index contributed by atoms with van der Waals surface area (Å²) >= 11 is 11.4. The summed E-state index contributed by atoms with van der Waals surface area (Å²) < 4.78 is 76.3. The minimum atomic E-state index is -4.69. The van der Waals surface area contributed by atoms with Crippen molar-refractivity contribution in [3.8, 4) is 11.1 Å². The van der Waals surface area contributed by atoms with Crippen LogP contribution in [0.1, 0.15) is 11.1 Å². The van der Waals surface area contributed by atoms with Crippen molar-refractivity contribution in [2.45, 2.75) is 12.4 Å². The third-order valence-corrected chi connectivity index (χ3v) is 3.27. The molecule has 0 saturated carbocycles. The average Bonchev–Trinajstić information content (AvgIpc) is 2.36. The summed E-state index contributed by atoms with van der Waals surface area (Å²) in [4.78, 5) is 0. The Kier molecular flexibility index (Phi) is 4.37. The molecule has 0 saturated heterocycles. The summed E-state index contributed by atoms with van der Waals surface area (Å²) in [6.07, 6.45) is -9.37. The molecule has 22 heavy (non-hydrogen) atoms. The predicted octanol–water partition coefficient (Wildman–Crippen LogP) is 6.50. The van der Waals surface area contributed by atoms with Crippen LogP contribution in [-0.2, 0) is 12.4 Å². The van der Waals surface area contributed by atoms with Crippen LogP contribution in [0.25, 0.3) is 11.1 Å². The van der Waals surface area contributed by atoms with Crippen molar-refractivity contribution in [2.24, 2.45) is 0 Å². The fraction of sp³-hybridized carbons (Fsp3) is 0.143. The number of hydrogen-bond acceptors (Lipinski definition) is 0. The molecule has 2 aromatic rings. The first kappa shape index (κ1) is 17.0. The standard InChI is InChI=1S/C14H5Cl2F6/c15-10-4-7(3-9(5-10)14(20,21)22)11-6-8(13(17,18)19)1-2-12(11)16/h2-6H. The Labute approximate surface area is 131 Å². The molecule has 2 aromatic carbocycles. The Morgan fingerprint density at radius 2 is 1.45 bits per heavy atom. The van der Waals surface area contributed by atoms with Gasteiger partial charge >= 0.3 is 12.4 Å². The summed E-state index contributed by atoms with van der Waals surface area (Å²) in [5.74, 6) is 0. The summed E-state index contributed by atoms with van der Waals surface area (Å²) in [6, 6.07) is 5.90. The van der Waals surface area contributed by atoms with Gasteiger partial charge in [0.05, 0.1) is 11.1 Å². The van der Waals surface area contributed by atoms with E-state index in [2.05, 4.69) is 0 Å². The lowest BCUT2D eigenvalue weighted by Crippen LogP contribution is -2.06. The van der Waals surface area contributed by atoms with Gasteiger partial charge in [0.15, 0.2) is 0 Å². The van der Waals surface area contributed by atoms with Crippen molar-refractivity contribution in [1.82, 2.24) is 0 Å². The van der Waals surface area contributed by atoms with Gasteiger partial charge in [-0.2, -0.15) is 26.3 Å². The van der Waals surface area contributed by atoms with Crippen LogP contribution in [0.2, 0.25) is 10.0 Å². The van der Waals surface area contributed by atoms with Gasteiger partial charge in [-0.25, -0.2) is 0 Å². The van der Waals surface area contributed by atoms with Crippen LogP contribution in [0, 0.1) is 6.07 Å². The van der Waals surface area contributed by atoms with E-state index in [0.717, 1.165) is 12.1 Å².